The Balaban J connectivity index is 1.33. The van der Waals surface area contributed by atoms with Gasteiger partial charge in [0.1, 0.15) is 0 Å². The van der Waals surface area contributed by atoms with Gasteiger partial charge in [-0.1, -0.05) is 30.3 Å². The Labute approximate surface area is 225 Å². The fourth-order valence-electron chi connectivity index (χ4n) is 4.80. The van der Waals surface area contributed by atoms with Gasteiger partial charge >= 0.3 is 6.18 Å². The summed E-state index contributed by atoms with van der Waals surface area (Å²) in [4.78, 5) is 28.6. The highest BCUT2D eigenvalue weighted by Gasteiger charge is 2.39. The highest BCUT2D eigenvalue weighted by atomic mass is 32.2. The van der Waals surface area contributed by atoms with Gasteiger partial charge in [-0.05, 0) is 50.1 Å². The third-order valence-electron chi connectivity index (χ3n) is 6.94. The summed E-state index contributed by atoms with van der Waals surface area (Å²) in [5.74, 6) is -1.42. The van der Waals surface area contributed by atoms with Crippen LogP contribution in [-0.2, 0) is 31.5 Å². The van der Waals surface area contributed by atoms with Gasteiger partial charge in [0.15, 0.2) is 0 Å². The van der Waals surface area contributed by atoms with E-state index in [2.05, 4.69) is 4.90 Å². The van der Waals surface area contributed by atoms with Crippen molar-refractivity contribution >= 4 is 27.5 Å². The molecule has 2 aliphatic heterocycles. The fourth-order valence-corrected chi connectivity index (χ4v) is 6.32. The lowest BCUT2D eigenvalue weighted by molar-refractivity contribution is -0.138. The molecule has 8 nitrogen and oxygen atoms in total. The van der Waals surface area contributed by atoms with E-state index in [0.717, 1.165) is 22.6 Å². The van der Waals surface area contributed by atoms with Crippen LogP contribution in [0.25, 0.3) is 0 Å². The number of amides is 2. The number of anilines is 1. The molecule has 12 heteroatoms. The number of nitriles is 1. The molecule has 0 saturated carbocycles. The lowest BCUT2D eigenvalue weighted by atomic mass is 10.1. The van der Waals surface area contributed by atoms with Crippen LogP contribution in [0.1, 0.15) is 36.5 Å². The number of carbonyl (C=O) groups excluding carboxylic acids is 2. The summed E-state index contributed by atoms with van der Waals surface area (Å²) in [6.07, 6.45) is -4.05. The normalized spacial score (nSPS) is 17.7. The number of carbonyl (C=O) groups is 2. The Bertz CT molecular complexity index is 1440. The number of hydrogen-bond donors (Lipinski definition) is 0. The molecule has 0 radical (unpaired) electrons. The average Bonchev–Trinajstić information content (AvgIpc) is 3.11. The van der Waals surface area contributed by atoms with Gasteiger partial charge in [-0.25, -0.2) is 13.3 Å². The topological polar surface area (TPSA) is 102 Å². The SMILES string of the molecule is CC1=C(CCCN2CCN(S(=O)(=O)Cc3ccccc3)CC2)C(=O)N(c2ccc(C#N)c(C(F)(F)F)c2)C1=O. The van der Waals surface area contributed by atoms with Gasteiger partial charge in [-0.2, -0.15) is 22.7 Å². The minimum atomic E-state index is -4.82. The van der Waals surface area contributed by atoms with E-state index in [0.29, 0.717) is 45.2 Å². The average molecular weight is 561 g/mol. The molecule has 1 saturated heterocycles. The van der Waals surface area contributed by atoms with Gasteiger partial charge in [-0.15, -0.1) is 0 Å². The lowest BCUT2D eigenvalue weighted by Gasteiger charge is -2.34. The first-order valence-corrected chi connectivity index (χ1v) is 14.0. The van der Waals surface area contributed by atoms with Crippen molar-refractivity contribution in [2.75, 3.05) is 37.6 Å². The zero-order chi connectivity index (χ0) is 28.4. The zero-order valence-corrected chi connectivity index (χ0v) is 22.1. The van der Waals surface area contributed by atoms with Crippen molar-refractivity contribution < 1.29 is 31.2 Å². The first-order valence-electron chi connectivity index (χ1n) is 12.4. The monoisotopic (exact) mass is 560 g/mol. The Kier molecular flexibility index (Phi) is 8.25. The maximum absolute atomic E-state index is 13.4. The second-order valence-corrected chi connectivity index (χ2v) is 11.4. The van der Waals surface area contributed by atoms with Crippen molar-refractivity contribution in [3.05, 3.63) is 76.4 Å². The third kappa shape index (κ3) is 6.21. The van der Waals surface area contributed by atoms with Crippen molar-refractivity contribution in [1.29, 1.82) is 5.26 Å². The van der Waals surface area contributed by atoms with E-state index >= 15 is 0 Å². The van der Waals surface area contributed by atoms with Gasteiger partial charge in [0.25, 0.3) is 11.8 Å². The van der Waals surface area contributed by atoms with Crippen LogP contribution in [0.2, 0.25) is 0 Å². The van der Waals surface area contributed by atoms with Gasteiger partial charge in [0.2, 0.25) is 10.0 Å². The summed E-state index contributed by atoms with van der Waals surface area (Å²) in [6.45, 7) is 3.79. The van der Waals surface area contributed by atoms with Crippen LogP contribution in [0.15, 0.2) is 59.7 Å². The Morgan fingerprint density at radius 3 is 2.26 bits per heavy atom. The molecular formula is C27H27F3N4O4S. The number of rotatable bonds is 8. The second-order valence-electron chi connectivity index (χ2n) is 9.47. The molecule has 0 N–H and O–H groups in total. The maximum Gasteiger partial charge on any atom is 0.417 e. The quantitative estimate of drug-likeness (QED) is 0.457. The summed E-state index contributed by atoms with van der Waals surface area (Å²) in [6, 6.07) is 13.2. The number of sulfonamides is 1. The number of hydrogen-bond acceptors (Lipinski definition) is 6. The summed E-state index contributed by atoms with van der Waals surface area (Å²) < 4.78 is 67.2. The Morgan fingerprint density at radius 1 is 0.974 bits per heavy atom. The molecule has 4 rings (SSSR count). The molecule has 2 amide bonds. The minimum Gasteiger partial charge on any atom is -0.301 e. The van der Waals surface area contributed by atoms with Crippen LogP contribution in [0.5, 0.6) is 0 Å². The molecule has 2 aromatic rings. The molecule has 2 heterocycles. The van der Waals surface area contributed by atoms with Crippen LogP contribution < -0.4 is 4.90 Å². The number of imide groups is 1. The summed E-state index contributed by atoms with van der Waals surface area (Å²) >= 11 is 0. The predicted octanol–water partition coefficient (Wildman–Crippen LogP) is 3.69. The van der Waals surface area contributed by atoms with Crippen LogP contribution in [-0.4, -0.2) is 62.2 Å². The van der Waals surface area contributed by atoms with E-state index in [9.17, 15) is 31.2 Å². The van der Waals surface area contributed by atoms with Crippen molar-refractivity contribution in [3.63, 3.8) is 0 Å². The molecule has 1 fully saturated rings. The summed E-state index contributed by atoms with van der Waals surface area (Å²) in [5, 5.41) is 9.00. The molecule has 0 atom stereocenters. The largest absolute Gasteiger partial charge is 0.417 e. The molecule has 0 aromatic heterocycles. The third-order valence-corrected chi connectivity index (χ3v) is 8.79. The standard InChI is InChI=1S/C27H27F3N4O4S/c1-19-23(26(36)34(25(19)35)22-10-9-21(17-31)24(16-22)27(28,29)30)8-5-11-32-12-14-33(15-13-32)39(37,38)18-20-6-3-2-4-7-20/h2-4,6-7,9-10,16H,5,8,11-15,18H2,1H3. The number of halogens is 3. The molecule has 2 aliphatic rings. The first-order chi connectivity index (χ1) is 18.4. The predicted molar refractivity (Wildman–Crippen MR) is 138 cm³/mol. The molecule has 2 aromatic carbocycles. The molecule has 206 valence electrons. The van der Waals surface area contributed by atoms with E-state index in [1.807, 2.05) is 6.07 Å². The molecule has 0 spiro atoms. The number of nitrogens with zero attached hydrogens (tertiary/aromatic N) is 4. The Morgan fingerprint density at radius 2 is 1.64 bits per heavy atom. The number of piperazine rings is 1. The molecule has 0 aliphatic carbocycles. The Hall–Kier alpha value is -3.53. The maximum atomic E-state index is 13.4. The zero-order valence-electron chi connectivity index (χ0n) is 21.2. The first kappa shape index (κ1) is 28.5. The highest BCUT2D eigenvalue weighted by Crippen LogP contribution is 2.36. The lowest BCUT2D eigenvalue weighted by Crippen LogP contribution is -2.49. The van der Waals surface area contributed by atoms with E-state index in [-0.39, 0.29) is 29.0 Å². The van der Waals surface area contributed by atoms with Crippen LogP contribution >= 0.6 is 0 Å². The van der Waals surface area contributed by atoms with Crippen molar-refractivity contribution in [2.24, 2.45) is 0 Å². The van der Waals surface area contributed by atoms with E-state index in [1.165, 1.54) is 17.3 Å². The number of benzene rings is 2. The fraction of sp³-hybridized carbons (Fsp3) is 0.370. The summed E-state index contributed by atoms with van der Waals surface area (Å²) in [5.41, 5.74) is -0.901. The highest BCUT2D eigenvalue weighted by molar-refractivity contribution is 7.88. The molecule has 0 bridgehead atoms. The van der Waals surface area contributed by atoms with E-state index in [4.69, 9.17) is 5.26 Å². The molecular weight excluding hydrogens is 533 g/mol. The van der Waals surface area contributed by atoms with Crippen molar-refractivity contribution in [1.82, 2.24) is 9.21 Å². The summed E-state index contributed by atoms with van der Waals surface area (Å²) in [7, 11) is -3.44. The van der Waals surface area contributed by atoms with Crippen molar-refractivity contribution in [2.45, 2.75) is 31.7 Å². The molecule has 39 heavy (non-hydrogen) atoms. The van der Waals surface area contributed by atoms with E-state index < -0.39 is 39.1 Å². The van der Waals surface area contributed by atoms with Gasteiger partial charge in [-0.3, -0.25) is 9.59 Å². The number of alkyl halides is 3. The van der Waals surface area contributed by atoms with Crippen molar-refractivity contribution in [3.8, 4) is 6.07 Å². The van der Waals surface area contributed by atoms with E-state index in [1.54, 1.807) is 24.3 Å². The second kappa shape index (κ2) is 11.3. The van der Waals surface area contributed by atoms with Crippen LogP contribution in [0.3, 0.4) is 0 Å². The van der Waals surface area contributed by atoms with Crippen LogP contribution in [0, 0.1) is 11.3 Å². The van der Waals surface area contributed by atoms with Gasteiger partial charge in [0.05, 0.1) is 28.6 Å². The molecule has 0 unspecified atom stereocenters. The van der Waals surface area contributed by atoms with Gasteiger partial charge in [0, 0.05) is 37.3 Å². The van der Waals surface area contributed by atoms with Gasteiger partial charge < -0.3 is 4.90 Å². The minimum absolute atomic E-state index is 0.0579. The smallest absolute Gasteiger partial charge is 0.301 e. The van der Waals surface area contributed by atoms with Crippen LogP contribution in [0.4, 0.5) is 18.9 Å².